The number of hydrogen-bond acceptors (Lipinski definition) is 5. The molecule has 0 aromatic carbocycles. The van der Waals surface area contributed by atoms with Gasteiger partial charge >= 0.3 is 0 Å². The zero-order valence-electron chi connectivity index (χ0n) is 8.74. The first-order valence-electron chi connectivity index (χ1n) is 5.34. The quantitative estimate of drug-likeness (QED) is 0.780. The molecule has 0 radical (unpaired) electrons. The third kappa shape index (κ3) is 1.67. The average molecular weight is 216 g/mol. The number of nitrogens with one attached hydrogen (secondary N) is 1. The minimum atomic E-state index is 0.331. The van der Waals surface area contributed by atoms with E-state index in [0.29, 0.717) is 11.9 Å². The van der Waals surface area contributed by atoms with Crippen molar-refractivity contribution in [1.82, 2.24) is 30.5 Å². The summed E-state index contributed by atoms with van der Waals surface area (Å²) in [6.07, 6.45) is 4.53. The van der Waals surface area contributed by atoms with Gasteiger partial charge < -0.3 is 5.32 Å². The highest BCUT2D eigenvalue weighted by molar-refractivity contribution is 5.51. The van der Waals surface area contributed by atoms with E-state index in [2.05, 4.69) is 25.7 Å². The maximum atomic E-state index is 4.38. The topological polar surface area (TPSA) is 68.5 Å². The molecule has 6 nitrogen and oxygen atoms in total. The molecule has 1 N–H and O–H groups in total. The summed E-state index contributed by atoms with van der Waals surface area (Å²) < 4.78 is 0. The molecule has 3 heterocycles. The number of nitrogens with zero attached hydrogens (tertiary/aromatic N) is 5. The van der Waals surface area contributed by atoms with Crippen LogP contribution in [0.2, 0.25) is 0 Å². The maximum Gasteiger partial charge on any atom is 0.206 e. The van der Waals surface area contributed by atoms with Gasteiger partial charge in [-0.1, -0.05) is 0 Å². The lowest BCUT2D eigenvalue weighted by atomic mass is 10.3. The summed E-state index contributed by atoms with van der Waals surface area (Å²) in [5, 5.41) is 15.8. The van der Waals surface area contributed by atoms with Crippen LogP contribution in [0.15, 0.2) is 24.5 Å². The van der Waals surface area contributed by atoms with E-state index in [9.17, 15) is 0 Å². The normalized spacial score (nSPS) is 20.1. The molecule has 3 rings (SSSR count). The van der Waals surface area contributed by atoms with Crippen LogP contribution in [0.1, 0.15) is 12.5 Å². The van der Waals surface area contributed by atoms with Gasteiger partial charge in [0.05, 0.1) is 6.04 Å². The Kier molecular flexibility index (Phi) is 2.34. The molecule has 1 fully saturated rings. The summed E-state index contributed by atoms with van der Waals surface area (Å²) in [7, 11) is 0. The summed E-state index contributed by atoms with van der Waals surface area (Å²) in [4.78, 5) is 5.74. The van der Waals surface area contributed by atoms with E-state index in [-0.39, 0.29) is 0 Å². The molecule has 0 saturated carbocycles. The van der Waals surface area contributed by atoms with Crippen molar-refractivity contribution in [2.45, 2.75) is 12.5 Å². The van der Waals surface area contributed by atoms with Gasteiger partial charge in [-0.15, -0.1) is 10.2 Å². The third-order valence-corrected chi connectivity index (χ3v) is 2.71. The lowest BCUT2D eigenvalue weighted by molar-refractivity contribution is 0.424. The van der Waals surface area contributed by atoms with Gasteiger partial charge in [0.25, 0.3) is 0 Å². The van der Waals surface area contributed by atoms with Crippen molar-refractivity contribution in [3.63, 3.8) is 0 Å². The van der Waals surface area contributed by atoms with Crippen LogP contribution >= 0.6 is 0 Å². The number of pyridine rings is 1. The summed E-state index contributed by atoms with van der Waals surface area (Å²) in [5.41, 5.74) is 0.903. The second kappa shape index (κ2) is 3.97. The van der Waals surface area contributed by atoms with Crippen LogP contribution in [0, 0.1) is 0 Å². The number of hydrogen-bond donors (Lipinski definition) is 1. The van der Waals surface area contributed by atoms with Gasteiger partial charge in [-0.25, -0.2) is 0 Å². The van der Waals surface area contributed by atoms with Crippen molar-refractivity contribution in [3.05, 3.63) is 24.5 Å². The van der Waals surface area contributed by atoms with Gasteiger partial charge in [-0.3, -0.25) is 4.98 Å². The van der Waals surface area contributed by atoms with E-state index < -0.39 is 0 Å². The average Bonchev–Trinajstić information content (AvgIpc) is 3.01. The van der Waals surface area contributed by atoms with Crippen LogP contribution in [-0.2, 0) is 0 Å². The molecule has 0 aliphatic carbocycles. The highest BCUT2D eigenvalue weighted by Crippen LogP contribution is 2.15. The molecular formula is C10H12N6. The fraction of sp³-hybridized carbons (Fsp3) is 0.400. The van der Waals surface area contributed by atoms with Crippen LogP contribution in [0.4, 0.5) is 0 Å². The standard InChI is InChI=1S/C10H12N6/c1-2-8(6-11-4-1)10-13-15-16(14-10)9-3-5-12-7-9/h1-2,4,6,9,12H,3,5,7H2. The Morgan fingerprint density at radius 2 is 2.44 bits per heavy atom. The van der Waals surface area contributed by atoms with Gasteiger partial charge in [0.1, 0.15) is 0 Å². The molecule has 0 amide bonds. The molecule has 2 aromatic rings. The van der Waals surface area contributed by atoms with E-state index in [1.165, 1.54) is 0 Å². The predicted octanol–water partition coefficient (Wildman–Crippen LogP) is 0.269. The molecule has 2 aromatic heterocycles. The summed E-state index contributed by atoms with van der Waals surface area (Å²) in [6, 6.07) is 4.13. The Labute approximate surface area is 92.7 Å². The molecule has 16 heavy (non-hydrogen) atoms. The number of tetrazole rings is 1. The molecule has 1 atom stereocenters. The van der Waals surface area contributed by atoms with E-state index in [0.717, 1.165) is 25.1 Å². The Morgan fingerprint density at radius 1 is 1.44 bits per heavy atom. The lowest BCUT2D eigenvalue weighted by Gasteiger charge is -2.03. The minimum Gasteiger partial charge on any atom is -0.314 e. The number of rotatable bonds is 2. The molecule has 0 bridgehead atoms. The van der Waals surface area contributed by atoms with Crippen LogP contribution in [0.25, 0.3) is 11.4 Å². The van der Waals surface area contributed by atoms with Gasteiger partial charge in [-0.2, -0.15) is 4.80 Å². The van der Waals surface area contributed by atoms with Crippen molar-refractivity contribution in [2.24, 2.45) is 0 Å². The van der Waals surface area contributed by atoms with Crippen LogP contribution in [-0.4, -0.2) is 38.3 Å². The predicted molar refractivity (Wildman–Crippen MR) is 57.6 cm³/mol. The van der Waals surface area contributed by atoms with Crippen LogP contribution in [0.3, 0.4) is 0 Å². The first kappa shape index (κ1) is 9.41. The largest absolute Gasteiger partial charge is 0.314 e. The minimum absolute atomic E-state index is 0.331. The SMILES string of the molecule is c1cncc(-c2nnn(C3CCNC3)n2)c1. The zero-order valence-corrected chi connectivity index (χ0v) is 8.74. The summed E-state index contributed by atoms with van der Waals surface area (Å²) in [5.74, 6) is 0.639. The Morgan fingerprint density at radius 3 is 3.19 bits per heavy atom. The lowest BCUT2D eigenvalue weighted by Crippen LogP contribution is -2.15. The molecule has 82 valence electrons. The molecule has 1 aliphatic heterocycles. The zero-order chi connectivity index (χ0) is 10.8. The highest BCUT2D eigenvalue weighted by atomic mass is 15.6. The Hall–Kier alpha value is -1.82. The molecule has 1 aliphatic rings. The molecule has 1 saturated heterocycles. The van der Waals surface area contributed by atoms with Crippen molar-refractivity contribution in [2.75, 3.05) is 13.1 Å². The Balaban J connectivity index is 1.87. The van der Waals surface area contributed by atoms with Crippen LogP contribution < -0.4 is 5.32 Å². The van der Waals surface area contributed by atoms with Gasteiger partial charge in [-0.05, 0) is 30.3 Å². The van der Waals surface area contributed by atoms with E-state index in [1.807, 2.05) is 12.1 Å². The van der Waals surface area contributed by atoms with Crippen molar-refractivity contribution in [3.8, 4) is 11.4 Å². The van der Waals surface area contributed by atoms with E-state index in [4.69, 9.17) is 0 Å². The summed E-state index contributed by atoms with van der Waals surface area (Å²) in [6.45, 7) is 1.94. The van der Waals surface area contributed by atoms with Crippen molar-refractivity contribution >= 4 is 0 Å². The first-order chi connectivity index (χ1) is 7.93. The molecule has 6 heteroatoms. The number of aromatic nitrogens is 5. The summed E-state index contributed by atoms with van der Waals surface area (Å²) >= 11 is 0. The Bertz CT molecular complexity index is 459. The van der Waals surface area contributed by atoms with Crippen molar-refractivity contribution in [1.29, 1.82) is 0 Å². The first-order valence-corrected chi connectivity index (χ1v) is 5.34. The molecule has 1 unspecified atom stereocenters. The fourth-order valence-electron chi connectivity index (χ4n) is 1.83. The van der Waals surface area contributed by atoms with E-state index in [1.54, 1.807) is 17.2 Å². The molecule has 0 spiro atoms. The maximum absolute atomic E-state index is 4.38. The van der Waals surface area contributed by atoms with Gasteiger partial charge in [0.2, 0.25) is 5.82 Å². The van der Waals surface area contributed by atoms with E-state index >= 15 is 0 Å². The van der Waals surface area contributed by atoms with Gasteiger partial charge in [0, 0.05) is 24.5 Å². The second-order valence-electron chi connectivity index (χ2n) is 3.82. The highest BCUT2D eigenvalue weighted by Gasteiger charge is 2.19. The molecular weight excluding hydrogens is 204 g/mol. The van der Waals surface area contributed by atoms with Crippen LogP contribution in [0.5, 0.6) is 0 Å². The van der Waals surface area contributed by atoms with Crippen molar-refractivity contribution < 1.29 is 0 Å². The second-order valence-corrected chi connectivity index (χ2v) is 3.82. The van der Waals surface area contributed by atoms with Gasteiger partial charge in [0.15, 0.2) is 0 Å². The monoisotopic (exact) mass is 216 g/mol. The smallest absolute Gasteiger partial charge is 0.206 e. The fourth-order valence-corrected chi connectivity index (χ4v) is 1.83. The third-order valence-electron chi connectivity index (χ3n) is 2.71.